The normalized spacial score (nSPS) is 42.0. The Balaban J connectivity index is 1.92. The van der Waals surface area contributed by atoms with Crippen molar-refractivity contribution in [1.29, 1.82) is 0 Å². The zero-order valence-electron chi connectivity index (χ0n) is 15.0. The first-order valence-electron chi connectivity index (χ1n) is 9.05. The van der Waals surface area contributed by atoms with Gasteiger partial charge in [0.25, 0.3) is 0 Å². The van der Waals surface area contributed by atoms with Crippen molar-refractivity contribution in [3.05, 3.63) is 0 Å². The smallest absolute Gasteiger partial charge is 0.303 e. The van der Waals surface area contributed by atoms with Crippen molar-refractivity contribution in [2.45, 2.75) is 51.6 Å². The first-order valence-corrected chi connectivity index (χ1v) is 9.05. The number of esters is 1. The molecule has 0 unspecified atom stereocenters. The fourth-order valence-corrected chi connectivity index (χ4v) is 5.64. The number of carbonyl (C=O) groups is 5. The van der Waals surface area contributed by atoms with E-state index in [0.717, 1.165) is 0 Å². The summed E-state index contributed by atoms with van der Waals surface area (Å²) in [5, 5.41) is 11.2. The Bertz CT molecular complexity index is 683. The van der Waals surface area contributed by atoms with E-state index in [0.29, 0.717) is 19.1 Å². The number of fused-ring (bicyclic) bond motifs is 3. The quantitative estimate of drug-likeness (QED) is 0.442. The highest BCUT2D eigenvalue weighted by molar-refractivity contribution is 6.01. The van der Waals surface area contributed by atoms with Gasteiger partial charge in [0.1, 0.15) is 23.5 Å². The number of hydrogen-bond donors (Lipinski definition) is 1. The van der Waals surface area contributed by atoms with Crippen LogP contribution >= 0.6 is 0 Å². The second-order valence-electron chi connectivity index (χ2n) is 8.13. The molecule has 0 bridgehead atoms. The number of aldehydes is 1. The lowest BCUT2D eigenvalue weighted by Crippen LogP contribution is -2.60. The number of ether oxygens (including phenoxy) is 1. The molecule has 6 atom stereocenters. The lowest BCUT2D eigenvalue weighted by atomic mass is 9.51. The van der Waals surface area contributed by atoms with Crippen LogP contribution < -0.4 is 0 Å². The van der Waals surface area contributed by atoms with Crippen molar-refractivity contribution in [1.82, 2.24) is 0 Å². The number of carbonyl (C=O) groups excluding carboxylic acids is 5. The van der Waals surface area contributed by atoms with Gasteiger partial charge in [-0.2, -0.15) is 0 Å². The lowest BCUT2D eigenvalue weighted by molar-refractivity contribution is -0.173. The second kappa shape index (κ2) is 6.37. The maximum atomic E-state index is 12.8. The van der Waals surface area contributed by atoms with Gasteiger partial charge in [-0.1, -0.05) is 6.92 Å². The third-order valence-corrected chi connectivity index (χ3v) is 6.97. The second-order valence-corrected chi connectivity index (χ2v) is 8.13. The molecule has 0 saturated heterocycles. The first-order chi connectivity index (χ1) is 12.2. The van der Waals surface area contributed by atoms with Crippen LogP contribution in [0.4, 0.5) is 0 Å². The summed E-state index contributed by atoms with van der Waals surface area (Å²) in [4.78, 5) is 59.9. The molecule has 3 aliphatic carbocycles. The average molecular weight is 364 g/mol. The van der Waals surface area contributed by atoms with Gasteiger partial charge in [-0.15, -0.1) is 0 Å². The van der Waals surface area contributed by atoms with Crippen LogP contribution in [0.3, 0.4) is 0 Å². The van der Waals surface area contributed by atoms with Crippen LogP contribution in [0.15, 0.2) is 0 Å². The number of Topliss-reactive ketones (excluding diaryl/α,β-unsaturated/α-hetero) is 3. The zero-order valence-corrected chi connectivity index (χ0v) is 15.0. The van der Waals surface area contributed by atoms with Crippen LogP contribution in [0.1, 0.15) is 46.0 Å². The fourth-order valence-electron chi connectivity index (χ4n) is 5.64. The van der Waals surface area contributed by atoms with Gasteiger partial charge in [0.15, 0.2) is 6.61 Å². The van der Waals surface area contributed by atoms with E-state index in [1.165, 1.54) is 6.92 Å². The van der Waals surface area contributed by atoms with Crippen LogP contribution in [0.2, 0.25) is 0 Å². The minimum Gasteiger partial charge on any atom is -0.458 e. The highest BCUT2D eigenvalue weighted by atomic mass is 16.5. The number of ketones is 3. The zero-order chi connectivity index (χ0) is 19.3. The Morgan fingerprint density at radius 3 is 2.58 bits per heavy atom. The Kier molecular flexibility index (Phi) is 4.63. The maximum absolute atomic E-state index is 12.8. The van der Waals surface area contributed by atoms with E-state index in [1.54, 1.807) is 6.92 Å². The number of aliphatic hydroxyl groups is 1. The molecule has 0 spiro atoms. The fraction of sp³-hybridized carbons (Fsp3) is 0.737. The molecule has 0 radical (unpaired) electrons. The molecule has 3 rings (SSSR count). The summed E-state index contributed by atoms with van der Waals surface area (Å²) < 4.78 is 4.76. The summed E-state index contributed by atoms with van der Waals surface area (Å²) in [6, 6.07) is 0. The third-order valence-electron chi connectivity index (χ3n) is 6.97. The lowest BCUT2D eigenvalue weighted by Gasteiger charge is -2.52. The standard InChI is InChI=1S/C19H24O7/c1-10(21)26-9-16(24)19(25)6-5-13-11-3-4-14(22)12(8-20)17(11)15(23)7-18(13,19)2/h8,11-13,17,25H,3-7,9H2,1-2H3/t11-,12+,13-,17-,18+,19+/m1/s1. The summed E-state index contributed by atoms with van der Waals surface area (Å²) in [6.07, 6.45) is 1.97. The maximum Gasteiger partial charge on any atom is 0.303 e. The molecule has 0 aromatic carbocycles. The summed E-state index contributed by atoms with van der Waals surface area (Å²) in [7, 11) is 0. The van der Waals surface area contributed by atoms with Gasteiger partial charge in [-0.25, -0.2) is 0 Å². The van der Waals surface area contributed by atoms with E-state index in [1.807, 2.05) is 0 Å². The van der Waals surface area contributed by atoms with Crippen molar-refractivity contribution in [2.75, 3.05) is 6.61 Å². The van der Waals surface area contributed by atoms with Gasteiger partial charge >= 0.3 is 5.97 Å². The molecule has 7 heteroatoms. The summed E-state index contributed by atoms with van der Waals surface area (Å²) in [5.74, 6) is -3.51. The molecular formula is C19H24O7. The molecule has 7 nitrogen and oxygen atoms in total. The number of hydrogen-bond acceptors (Lipinski definition) is 7. The Morgan fingerprint density at radius 1 is 1.27 bits per heavy atom. The predicted octanol–water partition coefficient (Wildman–Crippen LogP) is 0.649. The molecule has 3 fully saturated rings. The molecule has 0 aliphatic heterocycles. The van der Waals surface area contributed by atoms with Gasteiger partial charge in [-0.3, -0.25) is 19.2 Å². The highest BCUT2D eigenvalue weighted by Crippen LogP contribution is 2.62. The molecule has 0 heterocycles. The van der Waals surface area contributed by atoms with E-state index >= 15 is 0 Å². The van der Waals surface area contributed by atoms with Crippen molar-refractivity contribution >= 4 is 29.6 Å². The first kappa shape index (κ1) is 18.9. The SMILES string of the molecule is CC(=O)OCC(=O)[C@@]1(O)CC[C@@H]2[C@H]3CCC(=O)[C@H](C=O)[C@@H]3C(=O)C[C@@]21C. The molecule has 1 N–H and O–H groups in total. The average Bonchev–Trinajstić information content (AvgIpc) is 2.85. The van der Waals surface area contributed by atoms with Crippen LogP contribution in [-0.4, -0.2) is 46.9 Å². The molecule has 142 valence electrons. The molecule has 3 saturated carbocycles. The predicted molar refractivity (Wildman–Crippen MR) is 87.8 cm³/mol. The van der Waals surface area contributed by atoms with Gasteiger partial charge in [0, 0.05) is 31.1 Å². The Labute approximate surface area is 151 Å². The van der Waals surface area contributed by atoms with Crippen LogP contribution in [0.5, 0.6) is 0 Å². The van der Waals surface area contributed by atoms with Gasteiger partial charge in [0.2, 0.25) is 5.78 Å². The molecule has 0 aromatic heterocycles. The molecule has 3 aliphatic rings. The third kappa shape index (κ3) is 2.55. The van der Waals surface area contributed by atoms with E-state index in [9.17, 15) is 29.1 Å². The van der Waals surface area contributed by atoms with Crippen LogP contribution in [-0.2, 0) is 28.7 Å². The van der Waals surface area contributed by atoms with E-state index in [2.05, 4.69) is 0 Å². The van der Waals surface area contributed by atoms with Crippen LogP contribution in [0, 0.1) is 29.1 Å². The van der Waals surface area contributed by atoms with Crippen molar-refractivity contribution < 1.29 is 33.8 Å². The summed E-state index contributed by atoms with van der Waals surface area (Å²) >= 11 is 0. The summed E-state index contributed by atoms with van der Waals surface area (Å²) in [5.41, 5.74) is -2.72. The molecular weight excluding hydrogens is 340 g/mol. The van der Waals surface area contributed by atoms with Crippen molar-refractivity contribution in [2.24, 2.45) is 29.1 Å². The molecule has 0 amide bonds. The molecule has 0 aromatic rings. The molecule has 26 heavy (non-hydrogen) atoms. The van der Waals surface area contributed by atoms with Gasteiger partial charge in [-0.05, 0) is 31.1 Å². The van der Waals surface area contributed by atoms with E-state index in [-0.39, 0.29) is 42.7 Å². The highest BCUT2D eigenvalue weighted by Gasteiger charge is 2.67. The monoisotopic (exact) mass is 364 g/mol. The van der Waals surface area contributed by atoms with Gasteiger partial charge < -0.3 is 14.6 Å². The minimum atomic E-state index is -1.74. The van der Waals surface area contributed by atoms with Crippen LogP contribution in [0.25, 0.3) is 0 Å². The van der Waals surface area contributed by atoms with E-state index < -0.39 is 41.2 Å². The topological polar surface area (TPSA) is 115 Å². The van der Waals surface area contributed by atoms with Gasteiger partial charge in [0.05, 0.1) is 5.92 Å². The van der Waals surface area contributed by atoms with Crippen molar-refractivity contribution in [3.8, 4) is 0 Å². The Morgan fingerprint density at radius 2 is 1.96 bits per heavy atom. The van der Waals surface area contributed by atoms with E-state index in [4.69, 9.17) is 4.74 Å². The minimum absolute atomic E-state index is 0.0568. The summed E-state index contributed by atoms with van der Waals surface area (Å²) in [6.45, 7) is 2.40. The number of rotatable bonds is 4. The van der Waals surface area contributed by atoms with Crippen molar-refractivity contribution in [3.63, 3.8) is 0 Å². The largest absolute Gasteiger partial charge is 0.458 e. The Hall–Kier alpha value is -1.89.